The number of carbonyl (C=O) groups is 2. The van der Waals surface area contributed by atoms with Crippen molar-refractivity contribution in [2.45, 2.75) is 63.3 Å². The predicted octanol–water partition coefficient (Wildman–Crippen LogP) is 1.89. The van der Waals surface area contributed by atoms with Gasteiger partial charge in [0.25, 0.3) is 0 Å². The molecule has 0 bridgehead atoms. The molecule has 7 heteroatoms. The number of carbonyl (C=O) groups excluding carboxylic acids is 2. The van der Waals surface area contributed by atoms with Crippen LogP contribution in [0, 0.1) is 5.92 Å². The third-order valence-corrected chi connectivity index (χ3v) is 6.00. The lowest BCUT2D eigenvalue weighted by Crippen LogP contribution is -2.36. The number of amides is 3. The highest BCUT2D eigenvalue weighted by Gasteiger charge is 2.42. The minimum Gasteiger partial charge on any atom is -0.380 e. The average molecular weight is 358 g/mol. The van der Waals surface area contributed by atoms with Gasteiger partial charge in [-0.15, -0.1) is 0 Å². The number of hydrogen-bond donors (Lipinski definition) is 3. The van der Waals surface area contributed by atoms with Crippen LogP contribution in [0.25, 0.3) is 0 Å². The van der Waals surface area contributed by atoms with Crippen molar-refractivity contribution in [2.24, 2.45) is 5.92 Å². The molecule has 0 radical (unpaired) electrons. The molecule has 0 aromatic carbocycles. The maximum atomic E-state index is 11.8. The van der Waals surface area contributed by atoms with Gasteiger partial charge in [-0.25, -0.2) is 4.79 Å². The zero-order valence-corrected chi connectivity index (χ0v) is 15.6. The Morgan fingerprint density at radius 1 is 1.33 bits per heavy atom. The minimum atomic E-state index is -0.0368. The summed E-state index contributed by atoms with van der Waals surface area (Å²) in [4.78, 5) is 23.1. The Morgan fingerprint density at radius 3 is 2.96 bits per heavy atom. The lowest BCUT2D eigenvalue weighted by molar-refractivity contribution is -0.121. The van der Waals surface area contributed by atoms with Crippen LogP contribution >= 0.6 is 11.8 Å². The first kappa shape index (κ1) is 19.4. The Kier molecular flexibility index (Phi) is 8.18. The summed E-state index contributed by atoms with van der Waals surface area (Å²) < 4.78 is 5.48. The van der Waals surface area contributed by atoms with E-state index >= 15 is 0 Å². The Bertz CT molecular complexity index is 420. The Morgan fingerprint density at radius 2 is 2.17 bits per heavy atom. The lowest BCUT2D eigenvalue weighted by atomic mass is 10.0. The van der Waals surface area contributed by atoms with E-state index in [0.717, 1.165) is 38.0 Å². The van der Waals surface area contributed by atoms with E-state index in [-0.39, 0.29) is 24.0 Å². The summed E-state index contributed by atoms with van der Waals surface area (Å²) in [6.45, 7) is 6.29. The molecule has 2 rings (SSSR count). The number of fused-ring (bicyclic) bond motifs is 1. The second-order valence-electron chi connectivity index (χ2n) is 7.01. The van der Waals surface area contributed by atoms with Gasteiger partial charge in [0.1, 0.15) is 0 Å². The van der Waals surface area contributed by atoms with Crippen LogP contribution in [-0.4, -0.2) is 54.8 Å². The van der Waals surface area contributed by atoms with E-state index in [4.69, 9.17) is 4.74 Å². The standard InChI is InChI=1S/C17H31N3O3S/c1-12(2)7-9-23-10-8-18-15(21)6-4-3-5-14-16-13(11-24-14)19-17(22)20-16/h12-14,16H,3-11H2,1-2H3,(H,18,21)(H2,19,20,22)/t13-,14-,16-/m0/s1. The summed E-state index contributed by atoms with van der Waals surface area (Å²) in [6.07, 6.45) is 4.61. The van der Waals surface area contributed by atoms with E-state index in [2.05, 4.69) is 29.8 Å². The Hall–Kier alpha value is -0.950. The first-order valence-electron chi connectivity index (χ1n) is 9.09. The number of ether oxygens (including phenoxy) is 1. The molecule has 24 heavy (non-hydrogen) atoms. The molecular formula is C17H31N3O3S. The van der Waals surface area contributed by atoms with Gasteiger partial charge >= 0.3 is 6.03 Å². The number of hydrogen-bond acceptors (Lipinski definition) is 4. The monoisotopic (exact) mass is 357 g/mol. The molecule has 3 atom stereocenters. The number of urea groups is 1. The van der Waals surface area contributed by atoms with E-state index < -0.39 is 0 Å². The van der Waals surface area contributed by atoms with Gasteiger partial charge in [0.2, 0.25) is 5.91 Å². The van der Waals surface area contributed by atoms with E-state index in [9.17, 15) is 9.59 Å². The van der Waals surface area contributed by atoms with Gasteiger partial charge < -0.3 is 20.7 Å². The number of nitrogens with one attached hydrogen (secondary N) is 3. The van der Waals surface area contributed by atoms with Crippen LogP contribution in [0.3, 0.4) is 0 Å². The van der Waals surface area contributed by atoms with Gasteiger partial charge in [0.05, 0.1) is 18.7 Å². The zero-order valence-electron chi connectivity index (χ0n) is 14.8. The number of rotatable bonds is 11. The van der Waals surface area contributed by atoms with Crippen LogP contribution in [0.5, 0.6) is 0 Å². The van der Waals surface area contributed by atoms with Crippen molar-refractivity contribution in [2.75, 3.05) is 25.5 Å². The summed E-state index contributed by atoms with van der Waals surface area (Å²) in [7, 11) is 0. The highest BCUT2D eigenvalue weighted by Crippen LogP contribution is 2.33. The normalized spacial score (nSPS) is 25.5. The lowest BCUT2D eigenvalue weighted by Gasteiger charge is -2.16. The Labute approximate surface area is 149 Å². The summed E-state index contributed by atoms with van der Waals surface area (Å²) in [5.41, 5.74) is 0. The molecule has 0 saturated carbocycles. The van der Waals surface area contributed by atoms with Crippen molar-refractivity contribution >= 4 is 23.7 Å². The van der Waals surface area contributed by atoms with E-state index in [1.165, 1.54) is 0 Å². The molecule has 3 N–H and O–H groups in total. The number of unbranched alkanes of at least 4 members (excludes halogenated alkanes) is 1. The molecule has 3 amide bonds. The summed E-state index contributed by atoms with van der Waals surface area (Å²) in [5.74, 6) is 1.75. The van der Waals surface area contributed by atoms with Gasteiger partial charge in [-0.05, 0) is 25.2 Å². The Balaban J connectivity index is 1.44. The number of thioether (sulfide) groups is 1. The maximum absolute atomic E-state index is 11.8. The van der Waals surface area contributed by atoms with Gasteiger partial charge in [-0.3, -0.25) is 4.79 Å². The molecule has 0 aliphatic carbocycles. The van der Waals surface area contributed by atoms with Crippen LogP contribution in [0.2, 0.25) is 0 Å². The zero-order chi connectivity index (χ0) is 17.4. The second kappa shape index (κ2) is 10.1. The SMILES string of the molecule is CC(C)CCOCCNC(=O)CCCC[C@@H]1SC[C@@H]2NC(=O)N[C@@H]21. The predicted molar refractivity (Wildman–Crippen MR) is 97.2 cm³/mol. The summed E-state index contributed by atoms with van der Waals surface area (Å²) >= 11 is 1.92. The largest absolute Gasteiger partial charge is 0.380 e. The van der Waals surface area contributed by atoms with Gasteiger partial charge in [0, 0.05) is 30.6 Å². The fourth-order valence-electron chi connectivity index (χ4n) is 3.05. The first-order chi connectivity index (χ1) is 11.6. The third kappa shape index (κ3) is 6.51. The second-order valence-corrected chi connectivity index (χ2v) is 8.28. The summed E-state index contributed by atoms with van der Waals surface area (Å²) in [6, 6.07) is 0.510. The fraction of sp³-hybridized carbons (Fsp3) is 0.882. The van der Waals surface area contributed by atoms with Gasteiger partial charge in [-0.2, -0.15) is 11.8 Å². The average Bonchev–Trinajstić information content (AvgIpc) is 3.06. The molecule has 0 spiro atoms. The molecule has 2 fully saturated rings. The van der Waals surface area contributed by atoms with E-state index in [1.807, 2.05) is 11.8 Å². The topological polar surface area (TPSA) is 79.5 Å². The van der Waals surface area contributed by atoms with Crippen molar-refractivity contribution in [3.05, 3.63) is 0 Å². The molecular weight excluding hydrogens is 326 g/mol. The van der Waals surface area contributed by atoms with Crippen molar-refractivity contribution < 1.29 is 14.3 Å². The minimum absolute atomic E-state index is 0.0368. The van der Waals surface area contributed by atoms with E-state index in [0.29, 0.717) is 30.7 Å². The molecule has 2 aliphatic heterocycles. The van der Waals surface area contributed by atoms with Crippen molar-refractivity contribution in [3.8, 4) is 0 Å². The van der Waals surface area contributed by atoms with Crippen molar-refractivity contribution in [3.63, 3.8) is 0 Å². The highest BCUT2D eigenvalue weighted by atomic mass is 32.2. The van der Waals surface area contributed by atoms with Crippen molar-refractivity contribution in [1.82, 2.24) is 16.0 Å². The van der Waals surface area contributed by atoms with Crippen LogP contribution in [-0.2, 0) is 9.53 Å². The van der Waals surface area contributed by atoms with Crippen LogP contribution in [0.1, 0.15) is 46.0 Å². The molecule has 6 nitrogen and oxygen atoms in total. The van der Waals surface area contributed by atoms with Crippen molar-refractivity contribution in [1.29, 1.82) is 0 Å². The van der Waals surface area contributed by atoms with Crippen LogP contribution in [0.15, 0.2) is 0 Å². The molecule has 0 aromatic heterocycles. The molecule has 138 valence electrons. The molecule has 0 unspecified atom stereocenters. The third-order valence-electron chi connectivity index (χ3n) is 4.49. The van der Waals surface area contributed by atoms with Gasteiger partial charge in [-0.1, -0.05) is 20.3 Å². The van der Waals surface area contributed by atoms with Crippen LogP contribution in [0.4, 0.5) is 4.79 Å². The smallest absolute Gasteiger partial charge is 0.315 e. The van der Waals surface area contributed by atoms with Gasteiger partial charge in [0.15, 0.2) is 0 Å². The highest BCUT2D eigenvalue weighted by molar-refractivity contribution is 8.00. The quantitative estimate of drug-likeness (QED) is 0.390. The van der Waals surface area contributed by atoms with Crippen LogP contribution < -0.4 is 16.0 Å². The summed E-state index contributed by atoms with van der Waals surface area (Å²) in [5, 5.41) is 9.34. The molecule has 2 aliphatic rings. The maximum Gasteiger partial charge on any atom is 0.315 e. The van der Waals surface area contributed by atoms with E-state index in [1.54, 1.807) is 0 Å². The molecule has 2 saturated heterocycles. The molecule has 2 heterocycles. The molecule has 0 aromatic rings. The first-order valence-corrected chi connectivity index (χ1v) is 10.1. The fourth-order valence-corrected chi connectivity index (χ4v) is 4.59.